The van der Waals surface area contributed by atoms with Crippen molar-refractivity contribution in [3.05, 3.63) is 16.3 Å². The van der Waals surface area contributed by atoms with E-state index in [0.29, 0.717) is 13.1 Å². The molecule has 24 heavy (non-hydrogen) atoms. The molecule has 0 bridgehead atoms. The van der Waals surface area contributed by atoms with E-state index in [0.717, 1.165) is 37.9 Å². The third kappa shape index (κ3) is 4.46. The molecule has 1 aliphatic heterocycles. The number of carbonyl (C=O) groups is 2. The highest BCUT2D eigenvalue weighted by molar-refractivity contribution is 5.81. The number of hydrogen-bond acceptors (Lipinski definition) is 5. The van der Waals surface area contributed by atoms with Crippen molar-refractivity contribution in [2.75, 3.05) is 19.7 Å². The number of aromatic nitrogens is 3. The highest BCUT2D eigenvalue weighted by Gasteiger charge is 2.21. The summed E-state index contributed by atoms with van der Waals surface area (Å²) in [6.45, 7) is 4.79. The van der Waals surface area contributed by atoms with Crippen LogP contribution in [-0.2, 0) is 33.8 Å². The number of fused-ring (bicyclic) bond motifs is 1. The van der Waals surface area contributed by atoms with Crippen molar-refractivity contribution in [1.29, 1.82) is 0 Å². The Morgan fingerprint density at radius 2 is 2.04 bits per heavy atom. The molecule has 2 rings (SSSR count). The van der Waals surface area contributed by atoms with Gasteiger partial charge in [-0.25, -0.2) is 9.48 Å². The van der Waals surface area contributed by atoms with E-state index in [1.165, 1.54) is 9.58 Å². The van der Waals surface area contributed by atoms with Gasteiger partial charge in [-0.1, -0.05) is 13.3 Å². The lowest BCUT2D eigenvalue weighted by atomic mass is 10.2. The predicted octanol–water partition coefficient (Wildman–Crippen LogP) is 0.573. The Bertz CT molecular complexity index is 635. The highest BCUT2D eigenvalue weighted by atomic mass is 16.5. The Balaban J connectivity index is 2.09. The maximum atomic E-state index is 12.5. The molecule has 1 aromatic heterocycles. The third-order valence-corrected chi connectivity index (χ3v) is 4.04. The molecule has 1 aliphatic rings. The van der Waals surface area contributed by atoms with Gasteiger partial charge >= 0.3 is 11.7 Å². The number of rotatable bonds is 7. The Morgan fingerprint density at radius 1 is 1.25 bits per heavy atom. The Kier molecular flexibility index (Phi) is 6.57. The van der Waals surface area contributed by atoms with Gasteiger partial charge in [0.2, 0.25) is 5.91 Å². The summed E-state index contributed by atoms with van der Waals surface area (Å²) < 4.78 is 7.78. The fraction of sp³-hybridized carbons (Fsp3) is 0.750. The molecule has 0 aliphatic carbocycles. The summed E-state index contributed by atoms with van der Waals surface area (Å²) in [6.07, 6.45) is 4.54. The first-order chi connectivity index (χ1) is 11.6. The summed E-state index contributed by atoms with van der Waals surface area (Å²) in [7, 11) is 0. The van der Waals surface area contributed by atoms with E-state index in [2.05, 4.69) is 5.10 Å². The van der Waals surface area contributed by atoms with E-state index in [1.54, 1.807) is 11.5 Å². The lowest BCUT2D eigenvalue weighted by molar-refractivity contribution is -0.149. The first kappa shape index (κ1) is 18.2. The van der Waals surface area contributed by atoms with Gasteiger partial charge in [0.05, 0.1) is 6.61 Å². The van der Waals surface area contributed by atoms with Gasteiger partial charge in [-0.05, 0) is 26.2 Å². The molecule has 2 heterocycles. The van der Waals surface area contributed by atoms with Crippen molar-refractivity contribution in [1.82, 2.24) is 19.2 Å². The Labute approximate surface area is 141 Å². The first-order valence-electron chi connectivity index (χ1n) is 8.66. The quantitative estimate of drug-likeness (QED) is 0.679. The van der Waals surface area contributed by atoms with E-state index < -0.39 is 5.97 Å². The van der Waals surface area contributed by atoms with Crippen LogP contribution in [0, 0.1) is 0 Å². The lowest BCUT2D eigenvalue weighted by Crippen LogP contribution is -2.41. The summed E-state index contributed by atoms with van der Waals surface area (Å²) in [5.74, 6) is 0.0188. The van der Waals surface area contributed by atoms with Gasteiger partial charge in [0.1, 0.15) is 18.9 Å². The molecular formula is C16H26N4O4. The summed E-state index contributed by atoms with van der Waals surface area (Å²) in [4.78, 5) is 38.0. The minimum atomic E-state index is -0.438. The Hall–Kier alpha value is -2.12. The van der Waals surface area contributed by atoms with Gasteiger partial charge in [0.25, 0.3) is 0 Å². The van der Waals surface area contributed by atoms with Crippen molar-refractivity contribution in [3.8, 4) is 0 Å². The van der Waals surface area contributed by atoms with Crippen LogP contribution in [0.25, 0.3) is 0 Å². The van der Waals surface area contributed by atoms with Gasteiger partial charge in [0.15, 0.2) is 0 Å². The van der Waals surface area contributed by atoms with E-state index in [1.807, 2.05) is 6.92 Å². The monoisotopic (exact) mass is 338 g/mol. The zero-order valence-electron chi connectivity index (χ0n) is 14.5. The summed E-state index contributed by atoms with van der Waals surface area (Å²) in [6, 6.07) is 0. The van der Waals surface area contributed by atoms with Crippen molar-refractivity contribution in [2.45, 2.75) is 59.0 Å². The summed E-state index contributed by atoms with van der Waals surface area (Å²) >= 11 is 0. The average molecular weight is 338 g/mol. The topological polar surface area (TPSA) is 86.4 Å². The SMILES string of the molecule is CCCN(CC(=O)OCC)C(=O)Cn1nc2n(c1=O)CCCCC2. The largest absolute Gasteiger partial charge is 0.465 e. The molecule has 0 fully saturated rings. The lowest BCUT2D eigenvalue weighted by Gasteiger charge is -2.20. The van der Waals surface area contributed by atoms with Crippen molar-refractivity contribution in [3.63, 3.8) is 0 Å². The minimum Gasteiger partial charge on any atom is -0.465 e. The van der Waals surface area contributed by atoms with E-state index in [4.69, 9.17) is 4.74 Å². The molecule has 0 unspecified atom stereocenters. The maximum absolute atomic E-state index is 12.5. The number of hydrogen-bond donors (Lipinski definition) is 0. The molecule has 0 aromatic carbocycles. The summed E-state index contributed by atoms with van der Waals surface area (Å²) in [5.41, 5.74) is -0.243. The molecular weight excluding hydrogens is 312 g/mol. The van der Waals surface area contributed by atoms with Crippen LogP contribution >= 0.6 is 0 Å². The average Bonchev–Trinajstić information content (AvgIpc) is 2.72. The summed E-state index contributed by atoms with van der Waals surface area (Å²) in [5, 5.41) is 4.31. The highest BCUT2D eigenvalue weighted by Crippen LogP contribution is 2.10. The smallest absolute Gasteiger partial charge is 0.346 e. The third-order valence-electron chi connectivity index (χ3n) is 4.04. The number of nitrogens with zero attached hydrogens (tertiary/aromatic N) is 4. The predicted molar refractivity (Wildman–Crippen MR) is 87.5 cm³/mol. The van der Waals surface area contributed by atoms with Crippen LogP contribution in [0.2, 0.25) is 0 Å². The number of ether oxygens (including phenoxy) is 1. The van der Waals surface area contributed by atoms with Crippen LogP contribution < -0.4 is 5.69 Å². The zero-order valence-corrected chi connectivity index (χ0v) is 14.5. The number of carbonyl (C=O) groups excluding carboxylic acids is 2. The van der Waals surface area contributed by atoms with Crippen LogP contribution in [0.4, 0.5) is 0 Å². The van der Waals surface area contributed by atoms with E-state index >= 15 is 0 Å². The maximum Gasteiger partial charge on any atom is 0.346 e. The van der Waals surface area contributed by atoms with Gasteiger partial charge in [0, 0.05) is 19.5 Å². The normalized spacial score (nSPS) is 13.9. The number of esters is 1. The Morgan fingerprint density at radius 3 is 2.75 bits per heavy atom. The fourth-order valence-corrected chi connectivity index (χ4v) is 2.88. The molecule has 0 radical (unpaired) electrons. The molecule has 0 atom stereocenters. The molecule has 0 spiro atoms. The molecule has 0 saturated carbocycles. The van der Waals surface area contributed by atoms with Gasteiger partial charge < -0.3 is 9.64 Å². The fourth-order valence-electron chi connectivity index (χ4n) is 2.88. The molecule has 0 saturated heterocycles. The second-order valence-electron chi connectivity index (χ2n) is 5.94. The van der Waals surface area contributed by atoms with Crippen molar-refractivity contribution < 1.29 is 14.3 Å². The van der Waals surface area contributed by atoms with Crippen molar-refractivity contribution in [2.24, 2.45) is 0 Å². The molecule has 8 nitrogen and oxygen atoms in total. The second kappa shape index (κ2) is 8.65. The van der Waals surface area contributed by atoms with Crippen LogP contribution in [0.5, 0.6) is 0 Å². The van der Waals surface area contributed by atoms with Crippen LogP contribution in [0.15, 0.2) is 4.79 Å². The van der Waals surface area contributed by atoms with E-state index in [9.17, 15) is 14.4 Å². The molecule has 1 aromatic rings. The van der Waals surface area contributed by atoms with Crippen LogP contribution in [-0.4, -0.2) is 50.8 Å². The van der Waals surface area contributed by atoms with Gasteiger partial charge in [-0.15, -0.1) is 0 Å². The first-order valence-corrected chi connectivity index (χ1v) is 8.66. The number of aryl methyl sites for hydroxylation is 1. The van der Waals surface area contributed by atoms with Gasteiger partial charge in [-0.2, -0.15) is 5.10 Å². The van der Waals surface area contributed by atoms with Gasteiger partial charge in [-0.3, -0.25) is 14.2 Å². The number of amides is 1. The molecule has 134 valence electrons. The van der Waals surface area contributed by atoms with E-state index in [-0.39, 0.29) is 31.3 Å². The second-order valence-corrected chi connectivity index (χ2v) is 5.94. The zero-order chi connectivity index (χ0) is 17.5. The van der Waals surface area contributed by atoms with Crippen LogP contribution in [0.1, 0.15) is 45.4 Å². The minimum absolute atomic E-state index is 0.0944. The molecule has 1 amide bonds. The molecule has 8 heteroatoms. The van der Waals surface area contributed by atoms with Crippen LogP contribution in [0.3, 0.4) is 0 Å². The molecule has 0 N–H and O–H groups in total. The standard InChI is InChI=1S/C16H26N4O4/c1-3-9-18(12-15(22)24-4-2)14(21)11-20-16(23)19-10-7-5-6-8-13(19)17-20/h3-12H2,1-2H3. The van der Waals surface area contributed by atoms with Crippen molar-refractivity contribution >= 4 is 11.9 Å².